The van der Waals surface area contributed by atoms with Gasteiger partial charge in [-0.25, -0.2) is 4.79 Å². The van der Waals surface area contributed by atoms with Gasteiger partial charge in [-0.05, 0) is 12.1 Å². The van der Waals surface area contributed by atoms with E-state index in [1.54, 1.807) is 6.07 Å². The van der Waals surface area contributed by atoms with Gasteiger partial charge in [0, 0.05) is 24.7 Å². The molecule has 0 saturated carbocycles. The number of ether oxygens (including phenoxy) is 1. The zero-order chi connectivity index (χ0) is 13.3. The van der Waals surface area contributed by atoms with E-state index in [2.05, 4.69) is 0 Å². The van der Waals surface area contributed by atoms with Crippen LogP contribution in [0.5, 0.6) is 5.75 Å². The van der Waals surface area contributed by atoms with Gasteiger partial charge < -0.3 is 14.7 Å². The van der Waals surface area contributed by atoms with Crippen molar-refractivity contribution in [3.8, 4) is 5.75 Å². The summed E-state index contributed by atoms with van der Waals surface area (Å²) in [6, 6.07) is 4.47. The van der Waals surface area contributed by atoms with E-state index in [1.165, 1.54) is 24.1 Å². The SMILES string of the molecule is COc1cc(C(=O)O)cc(N2CC(Cl)CC2=O)c1. The van der Waals surface area contributed by atoms with Crippen LogP contribution in [-0.4, -0.2) is 36.0 Å². The molecule has 1 atom stereocenters. The zero-order valence-corrected chi connectivity index (χ0v) is 10.5. The normalized spacial score (nSPS) is 19.1. The summed E-state index contributed by atoms with van der Waals surface area (Å²) in [4.78, 5) is 24.2. The highest BCUT2D eigenvalue weighted by Crippen LogP contribution is 2.29. The molecule has 1 saturated heterocycles. The van der Waals surface area contributed by atoms with Gasteiger partial charge in [0.15, 0.2) is 0 Å². The van der Waals surface area contributed by atoms with E-state index < -0.39 is 5.97 Å². The third-order valence-electron chi connectivity index (χ3n) is 2.76. The number of methoxy groups -OCH3 is 1. The summed E-state index contributed by atoms with van der Waals surface area (Å²) in [7, 11) is 1.45. The molecule has 1 aromatic carbocycles. The molecule has 0 aliphatic carbocycles. The van der Waals surface area contributed by atoms with Crippen LogP contribution in [0.4, 0.5) is 5.69 Å². The fourth-order valence-electron chi connectivity index (χ4n) is 1.89. The van der Waals surface area contributed by atoms with Crippen molar-refractivity contribution in [2.75, 3.05) is 18.6 Å². The summed E-state index contributed by atoms with van der Waals surface area (Å²) < 4.78 is 5.03. The number of carbonyl (C=O) groups excluding carboxylic acids is 1. The minimum atomic E-state index is -1.07. The van der Waals surface area contributed by atoms with E-state index in [9.17, 15) is 9.59 Å². The number of aromatic carboxylic acids is 1. The standard InChI is InChI=1S/C12H12ClNO4/c1-18-10-3-7(12(16)17)2-9(5-10)14-6-8(13)4-11(14)15/h2-3,5,8H,4,6H2,1H3,(H,16,17). The fourth-order valence-corrected chi connectivity index (χ4v) is 2.16. The van der Waals surface area contributed by atoms with Gasteiger partial charge in [0.25, 0.3) is 0 Å². The summed E-state index contributed by atoms with van der Waals surface area (Å²) in [5, 5.41) is 8.77. The van der Waals surface area contributed by atoms with Crippen LogP contribution in [0.3, 0.4) is 0 Å². The molecule has 1 amide bonds. The van der Waals surface area contributed by atoms with Crippen LogP contribution >= 0.6 is 11.6 Å². The highest BCUT2D eigenvalue weighted by Gasteiger charge is 2.29. The van der Waals surface area contributed by atoms with Crippen molar-refractivity contribution in [1.82, 2.24) is 0 Å². The van der Waals surface area contributed by atoms with Crippen LogP contribution in [0.2, 0.25) is 0 Å². The first-order chi connectivity index (χ1) is 8.51. The van der Waals surface area contributed by atoms with Crippen LogP contribution in [-0.2, 0) is 4.79 Å². The summed E-state index contributed by atoms with van der Waals surface area (Å²) in [5.41, 5.74) is 0.579. The van der Waals surface area contributed by atoms with E-state index in [4.69, 9.17) is 21.4 Å². The minimum Gasteiger partial charge on any atom is -0.497 e. The maximum absolute atomic E-state index is 11.7. The van der Waals surface area contributed by atoms with Crippen molar-refractivity contribution in [3.05, 3.63) is 23.8 Å². The maximum Gasteiger partial charge on any atom is 0.335 e. The molecule has 2 rings (SSSR count). The van der Waals surface area contributed by atoms with Crippen molar-refractivity contribution in [1.29, 1.82) is 0 Å². The van der Waals surface area contributed by atoms with Crippen LogP contribution in [0, 0.1) is 0 Å². The number of rotatable bonds is 3. The van der Waals surface area contributed by atoms with Gasteiger partial charge in [0.2, 0.25) is 5.91 Å². The van der Waals surface area contributed by atoms with Gasteiger partial charge in [0.05, 0.1) is 18.1 Å². The molecule has 1 heterocycles. The van der Waals surface area contributed by atoms with Gasteiger partial charge in [0.1, 0.15) is 5.75 Å². The molecule has 1 unspecified atom stereocenters. The second-order valence-electron chi connectivity index (χ2n) is 4.03. The molecule has 5 nitrogen and oxygen atoms in total. The van der Waals surface area contributed by atoms with Crippen LogP contribution in [0.25, 0.3) is 0 Å². The minimum absolute atomic E-state index is 0.0789. The Morgan fingerprint density at radius 3 is 2.72 bits per heavy atom. The molecular weight excluding hydrogens is 258 g/mol. The number of amides is 1. The first-order valence-corrected chi connectivity index (χ1v) is 5.81. The Morgan fingerprint density at radius 1 is 1.50 bits per heavy atom. The molecule has 1 aliphatic heterocycles. The Kier molecular flexibility index (Phi) is 3.43. The van der Waals surface area contributed by atoms with Crippen LogP contribution in [0.1, 0.15) is 16.8 Å². The lowest BCUT2D eigenvalue weighted by molar-refractivity contribution is -0.117. The number of alkyl halides is 1. The Balaban J connectivity index is 2.41. The number of carboxylic acid groups (broad SMARTS) is 1. The lowest BCUT2D eigenvalue weighted by atomic mass is 10.1. The van der Waals surface area contributed by atoms with Gasteiger partial charge in [-0.3, -0.25) is 4.79 Å². The molecule has 6 heteroatoms. The average molecular weight is 270 g/mol. The smallest absolute Gasteiger partial charge is 0.335 e. The van der Waals surface area contributed by atoms with Gasteiger partial charge in [-0.15, -0.1) is 11.6 Å². The molecular formula is C12H12ClNO4. The number of carboxylic acids is 1. The first kappa shape index (κ1) is 12.7. The Morgan fingerprint density at radius 2 is 2.22 bits per heavy atom. The number of hydrogen-bond acceptors (Lipinski definition) is 3. The molecule has 0 spiro atoms. The average Bonchev–Trinajstić information content (AvgIpc) is 2.67. The molecule has 1 aliphatic rings. The number of hydrogen-bond donors (Lipinski definition) is 1. The third-order valence-corrected chi connectivity index (χ3v) is 3.06. The van der Waals surface area contributed by atoms with Crippen LogP contribution < -0.4 is 9.64 Å². The summed E-state index contributed by atoms with van der Waals surface area (Å²) >= 11 is 5.92. The predicted octanol–water partition coefficient (Wildman–Crippen LogP) is 1.74. The molecule has 1 aromatic rings. The number of benzene rings is 1. The van der Waals surface area contributed by atoms with Crippen molar-refractivity contribution in [2.24, 2.45) is 0 Å². The summed E-state index contributed by atoms with van der Waals surface area (Å²) in [6.45, 7) is 0.382. The van der Waals surface area contributed by atoms with E-state index in [0.29, 0.717) is 18.0 Å². The van der Waals surface area contributed by atoms with Crippen molar-refractivity contribution < 1.29 is 19.4 Å². The molecule has 0 radical (unpaired) electrons. The predicted molar refractivity (Wildman–Crippen MR) is 66.6 cm³/mol. The summed E-state index contributed by atoms with van der Waals surface area (Å²) in [5.74, 6) is -0.778. The number of anilines is 1. The molecule has 0 aromatic heterocycles. The first-order valence-electron chi connectivity index (χ1n) is 5.38. The zero-order valence-electron chi connectivity index (χ0n) is 9.72. The number of halogens is 1. The van der Waals surface area contributed by atoms with Crippen LogP contribution in [0.15, 0.2) is 18.2 Å². The fraction of sp³-hybridized carbons (Fsp3) is 0.333. The van der Waals surface area contributed by atoms with E-state index in [0.717, 1.165) is 0 Å². The number of nitrogens with zero attached hydrogens (tertiary/aromatic N) is 1. The largest absolute Gasteiger partial charge is 0.497 e. The van der Waals surface area contributed by atoms with Crippen molar-refractivity contribution in [3.63, 3.8) is 0 Å². The lowest BCUT2D eigenvalue weighted by Gasteiger charge is -2.17. The quantitative estimate of drug-likeness (QED) is 0.849. The maximum atomic E-state index is 11.7. The molecule has 96 valence electrons. The Bertz CT molecular complexity index is 503. The van der Waals surface area contributed by atoms with E-state index >= 15 is 0 Å². The second-order valence-corrected chi connectivity index (χ2v) is 4.65. The number of carbonyl (C=O) groups is 2. The van der Waals surface area contributed by atoms with Gasteiger partial charge >= 0.3 is 5.97 Å². The highest BCUT2D eigenvalue weighted by molar-refractivity contribution is 6.24. The van der Waals surface area contributed by atoms with E-state index in [1.807, 2.05) is 0 Å². The van der Waals surface area contributed by atoms with Crippen molar-refractivity contribution in [2.45, 2.75) is 11.8 Å². The van der Waals surface area contributed by atoms with Gasteiger partial charge in [-0.1, -0.05) is 0 Å². The molecule has 1 N–H and O–H groups in total. The van der Waals surface area contributed by atoms with Crippen molar-refractivity contribution >= 4 is 29.2 Å². The third kappa shape index (κ3) is 2.41. The Labute approximate surface area is 109 Å². The summed E-state index contributed by atoms with van der Waals surface area (Å²) in [6.07, 6.45) is 0.265. The monoisotopic (exact) mass is 269 g/mol. The van der Waals surface area contributed by atoms with Gasteiger partial charge in [-0.2, -0.15) is 0 Å². The lowest BCUT2D eigenvalue weighted by Crippen LogP contribution is -2.24. The molecule has 0 bridgehead atoms. The Hall–Kier alpha value is -1.75. The molecule has 18 heavy (non-hydrogen) atoms. The topological polar surface area (TPSA) is 66.8 Å². The second kappa shape index (κ2) is 4.86. The molecule has 1 fully saturated rings. The highest BCUT2D eigenvalue weighted by atomic mass is 35.5. The van der Waals surface area contributed by atoms with E-state index in [-0.39, 0.29) is 23.3 Å².